The second kappa shape index (κ2) is 47.2. The Hall–Kier alpha value is -2.14. The predicted molar refractivity (Wildman–Crippen MR) is 242 cm³/mol. The fraction of sp³-hybridized carbons (Fsp3) is 0.804. The van der Waals surface area contributed by atoms with E-state index in [0.29, 0.717) is 12.8 Å². The molecule has 326 valence electrons. The van der Waals surface area contributed by atoms with E-state index in [-0.39, 0.29) is 25.2 Å². The lowest BCUT2D eigenvalue weighted by Crippen LogP contribution is -2.28. The predicted octanol–water partition coefficient (Wildman–Crippen LogP) is 15.7. The maximum absolute atomic E-state index is 12.2. The molecule has 0 amide bonds. The van der Waals surface area contributed by atoms with Gasteiger partial charge in [-0.25, -0.2) is 0 Å². The van der Waals surface area contributed by atoms with Crippen LogP contribution in [0, 0.1) is 0 Å². The Morgan fingerprint density at radius 3 is 1.16 bits per heavy atom. The molecule has 0 aliphatic heterocycles. The first-order valence-electron chi connectivity index (χ1n) is 24.2. The number of aliphatic hydroxyl groups is 1. The number of carbonyl (C=O) groups excluding carboxylic acids is 2. The second-order valence-corrected chi connectivity index (χ2v) is 16.2. The van der Waals surface area contributed by atoms with E-state index in [9.17, 15) is 14.7 Å². The van der Waals surface area contributed by atoms with Gasteiger partial charge in [-0.1, -0.05) is 229 Å². The molecule has 56 heavy (non-hydrogen) atoms. The summed E-state index contributed by atoms with van der Waals surface area (Å²) in [6.07, 6.45) is 60.5. The molecule has 0 aliphatic carbocycles. The van der Waals surface area contributed by atoms with Crippen molar-refractivity contribution in [2.24, 2.45) is 0 Å². The summed E-state index contributed by atoms with van der Waals surface area (Å²) in [7, 11) is 0. The number of rotatable bonds is 44. The van der Waals surface area contributed by atoms with Crippen molar-refractivity contribution in [1.29, 1.82) is 0 Å². The first-order valence-corrected chi connectivity index (χ1v) is 24.2. The van der Waals surface area contributed by atoms with E-state index in [0.717, 1.165) is 64.2 Å². The molecule has 0 spiro atoms. The third kappa shape index (κ3) is 44.6. The Balaban J connectivity index is 3.50. The summed E-state index contributed by atoms with van der Waals surface area (Å²) in [6.45, 7) is 4.05. The van der Waals surface area contributed by atoms with Crippen molar-refractivity contribution in [3.63, 3.8) is 0 Å². The molecule has 0 aromatic rings. The summed E-state index contributed by atoms with van der Waals surface area (Å²) in [4.78, 5) is 24.4. The molecule has 0 aromatic carbocycles. The Bertz CT molecular complexity index is 935. The largest absolute Gasteiger partial charge is 0.462 e. The van der Waals surface area contributed by atoms with Gasteiger partial charge < -0.3 is 14.6 Å². The van der Waals surface area contributed by atoms with Crippen LogP contribution in [-0.2, 0) is 19.1 Å². The minimum atomic E-state index is -0.773. The highest BCUT2D eigenvalue weighted by molar-refractivity contribution is 5.70. The number of aliphatic hydroxyl groups excluding tert-OH is 1. The molecule has 0 saturated heterocycles. The van der Waals surface area contributed by atoms with Crippen LogP contribution in [0.5, 0.6) is 0 Å². The first-order chi connectivity index (χ1) is 27.6. The van der Waals surface area contributed by atoms with Crippen LogP contribution in [0.4, 0.5) is 0 Å². The van der Waals surface area contributed by atoms with Gasteiger partial charge in [0.05, 0.1) is 6.61 Å². The Labute approximate surface area is 348 Å². The quantitative estimate of drug-likeness (QED) is 0.0378. The van der Waals surface area contributed by atoms with E-state index in [4.69, 9.17) is 9.47 Å². The average Bonchev–Trinajstić information content (AvgIpc) is 3.20. The van der Waals surface area contributed by atoms with Crippen LogP contribution in [-0.4, -0.2) is 36.4 Å². The maximum Gasteiger partial charge on any atom is 0.306 e. The smallest absolute Gasteiger partial charge is 0.306 e. The molecule has 5 nitrogen and oxygen atoms in total. The van der Waals surface area contributed by atoms with Gasteiger partial charge in [-0.2, -0.15) is 0 Å². The fourth-order valence-corrected chi connectivity index (χ4v) is 7.02. The SMILES string of the molecule is CC/C=C\C/C=C\C/C=C\C/C=C\CCCCCCCCCCCCC(=O)OC(CO)COC(=O)CCCCCCCCCCCCCCCCCCCCC. The minimum Gasteiger partial charge on any atom is -0.462 e. The average molecular weight is 785 g/mol. The molecular formula is C51H92O5. The molecule has 0 rings (SSSR count). The Morgan fingerprint density at radius 2 is 0.768 bits per heavy atom. The highest BCUT2D eigenvalue weighted by atomic mass is 16.6. The van der Waals surface area contributed by atoms with Crippen LogP contribution >= 0.6 is 0 Å². The molecule has 0 heterocycles. The second-order valence-electron chi connectivity index (χ2n) is 16.2. The Kier molecular flexibility index (Phi) is 45.4. The number of esters is 2. The summed E-state index contributed by atoms with van der Waals surface area (Å²) in [5.74, 6) is -0.586. The van der Waals surface area contributed by atoms with Gasteiger partial charge >= 0.3 is 11.9 Å². The van der Waals surface area contributed by atoms with Crippen molar-refractivity contribution in [2.75, 3.05) is 13.2 Å². The van der Waals surface area contributed by atoms with Crippen LogP contribution < -0.4 is 0 Å². The van der Waals surface area contributed by atoms with Gasteiger partial charge in [-0.3, -0.25) is 9.59 Å². The van der Waals surface area contributed by atoms with Gasteiger partial charge in [-0.15, -0.1) is 0 Å². The maximum atomic E-state index is 12.2. The summed E-state index contributed by atoms with van der Waals surface area (Å²) >= 11 is 0. The highest BCUT2D eigenvalue weighted by Crippen LogP contribution is 2.16. The molecule has 0 aromatic heterocycles. The van der Waals surface area contributed by atoms with Gasteiger partial charge in [0.2, 0.25) is 0 Å². The number of unbranched alkanes of at least 4 members (excludes halogenated alkanes) is 28. The monoisotopic (exact) mass is 785 g/mol. The molecule has 0 aliphatic rings. The minimum absolute atomic E-state index is 0.0648. The topological polar surface area (TPSA) is 72.8 Å². The van der Waals surface area contributed by atoms with E-state index in [1.54, 1.807) is 0 Å². The van der Waals surface area contributed by atoms with Crippen molar-refractivity contribution in [2.45, 2.75) is 251 Å². The molecule has 0 fully saturated rings. The van der Waals surface area contributed by atoms with Crippen LogP contribution in [0.1, 0.15) is 245 Å². The lowest BCUT2D eigenvalue weighted by molar-refractivity contribution is -0.161. The third-order valence-electron chi connectivity index (χ3n) is 10.6. The van der Waals surface area contributed by atoms with E-state index in [2.05, 4.69) is 62.5 Å². The van der Waals surface area contributed by atoms with Crippen molar-refractivity contribution >= 4 is 11.9 Å². The molecule has 5 heteroatoms. The molecular weight excluding hydrogens is 693 g/mol. The van der Waals surface area contributed by atoms with Gasteiger partial charge in [0, 0.05) is 12.8 Å². The van der Waals surface area contributed by atoms with Gasteiger partial charge in [0.15, 0.2) is 6.10 Å². The van der Waals surface area contributed by atoms with Crippen LogP contribution in [0.3, 0.4) is 0 Å². The summed E-state index contributed by atoms with van der Waals surface area (Å²) < 4.78 is 10.7. The van der Waals surface area contributed by atoms with E-state index in [1.165, 1.54) is 154 Å². The zero-order chi connectivity index (χ0) is 40.7. The van der Waals surface area contributed by atoms with E-state index < -0.39 is 6.10 Å². The molecule has 1 N–H and O–H groups in total. The number of hydrogen-bond acceptors (Lipinski definition) is 5. The van der Waals surface area contributed by atoms with E-state index in [1.807, 2.05) is 0 Å². The number of ether oxygens (including phenoxy) is 2. The zero-order valence-electron chi connectivity index (χ0n) is 37.1. The third-order valence-corrected chi connectivity index (χ3v) is 10.6. The fourth-order valence-electron chi connectivity index (χ4n) is 7.02. The standard InChI is InChI=1S/C51H92O5/c1-3-5-7-9-11-13-15-17-19-21-23-24-25-26-28-30-32-34-36-38-40-42-44-46-51(54)56-49(47-52)48-55-50(53)45-43-41-39-37-35-33-31-29-27-22-20-18-16-14-12-10-8-6-4-2/h5,7,11,13,17,19,23-24,49,52H,3-4,6,8-10,12,14-16,18,20-22,25-48H2,1-2H3/b7-5-,13-11-,19-17-,24-23-. The van der Waals surface area contributed by atoms with Crippen molar-refractivity contribution in [3.8, 4) is 0 Å². The van der Waals surface area contributed by atoms with Gasteiger partial charge in [0.1, 0.15) is 6.61 Å². The molecule has 1 atom stereocenters. The van der Waals surface area contributed by atoms with Crippen LogP contribution in [0.25, 0.3) is 0 Å². The van der Waals surface area contributed by atoms with Crippen LogP contribution in [0.2, 0.25) is 0 Å². The normalized spacial score (nSPS) is 12.6. The summed E-state index contributed by atoms with van der Waals surface area (Å²) in [5, 5.41) is 9.61. The van der Waals surface area contributed by atoms with Gasteiger partial charge in [0.25, 0.3) is 0 Å². The number of hydrogen-bond donors (Lipinski definition) is 1. The highest BCUT2D eigenvalue weighted by Gasteiger charge is 2.16. The van der Waals surface area contributed by atoms with E-state index >= 15 is 0 Å². The summed E-state index contributed by atoms with van der Waals surface area (Å²) in [6, 6.07) is 0. The molecule has 0 bridgehead atoms. The Morgan fingerprint density at radius 1 is 0.429 bits per heavy atom. The van der Waals surface area contributed by atoms with Crippen molar-refractivity contribution < 1.29 is 24.2 Å². The summed E-state index contributed by atoms with van der Waals surface area (Å²) in [5.41, 5.74) is 0. The van der Waals surface area contributed by atoms with Crippen LogP contribution in [0.15, 0.2) is 48.6 Å². The lowest BCUT2D eigenvalue weighted by atomic mass is 10.0. The number of carbonyl (C=O) groups is 2. The lowest BCUT2D eigenvalue weighted by Gasteiger charge is -2.15. The zero-order valence-corrected chi connectivity index (χ0v) is 37.1. The first kappa shape index (κ1) is 53.9. The van der Waals surface area contributed by atoms with Gasteiger partial charge in [-0.05, 0) is 51.4 Å². The number of allylic oxidation sites excluding steroid dienone is 8. The van der Waals surface area contributed by atoms with Crippen molar-refractivity contribution in [3.05, 3.63) is 48.6 Å². The molecule has 0 saturated carbocycles. The molecule has 0 radical (unpaired) electrons. The van der Waals surface area contributed by atoms with Crippen molar-refractivity contribution in [1.82, 2.24) is 0 Å². The molecule has 1 unspecified atom stereocenters.